The summed E-state index contributed by atoms with van der Waals surface area (Å²) in [5, 5.41) is 9.00. The van der Waals surface area contributed by atoms with Gasteiger partial charge < -0.3 is 9.80 Å². The van der Waals surface area contributed by atoms with Crippen molar-refractivity contribution in [2.75, 3.05) is 31.1 Å². The molecule has 0 aromatic heterocycles. The first-order valence-electron chi connectivity index (χ1n) is 10.4. The van der Waals surface area contributed by atoms with E-state index in [0.717, 1.165) is 32.4 Å². The first kappa shape index (κ1) is 20.6. The molecule has 154 valence electrons. The lowest BCUT2D eigenvalue weighted by atomic mass is 9.78. The van der Waals surface area contributed by atoms with Crippen LogP contribution in [0.5, 0.6) is 0 Å². The van der Waals surface area contributed by atoms with Gasteiger partial charge in [-0.3, -0.25) is 14.8 Å². The van der Waals surface area contributed by atoms with Crippen molar-refractivity contribution in [2.24, 2.45) is 11.8 Å². The highest BCUT2D eigenvalue weighted by molar-refractivity contribution is 5.87. The monoisotopic (exact) mass is 387 g/mol. The second kappa shape index (κ2) is 8.52. The second-order valence-corrected chi connectivity index (χ2v) is 9.08. The highest BCUT2D eigenvalue weighted by atomic mass is 16.5. The van der Waals surface area contributed by atoms with Gasteiger partial charge in [0.05, 0.1) is 5.92 Å². The first-order valence-corrected chi connectivity index (χ1v) is 10.4. The Morgan fingerprint density at radius 2 is 1.54 bits per heavy atom. The molecule has 2 aliphatic rings. The minimum absolute atomic E-state index is 0.0658. The Hall–Kier alpha value is -2.08. The van der Waals surface area contributed by atoms with E-state index in [1.165, 1.54) is 11.3 Å². The van der Waals surface area contributed by atoms with Crippen molar-refractivity contribution < 1.29 is 14.8 Å². The molecule has 6 heteroatoms. The molecule has 0 bridgehead atoms. The van der Waals surface area contributed by atoms with Gasteiger partial charge in [0.25, 0.3) is 0 Å². The largest absolute Gasteiger partial charge is 0.368 e. The number of benzene rings is 1. The molecule has 2 atom stereocenters. The summed E-state index contributed by atoms with van der Waals surface area (Å²) in [5.74, 6) is -1.07. The molecule has 2 fully saturated rings. The van der Waals surface area contributed by atoms with Gasteiger partial charge in [-0.15, -0.1) is 0 Å². The molecule has 6 nitrogen and oxygen atoms in total. The van der Waals surface area contributed by atoms with E-state index in [-0.39, 0.29) is 17.2 Å². The lowest BCUT2D eigenvalue weighted by Crippen LogP contribution is -2.52. The number of piperazine rings is 1. The summed E-state index contributed by atoms with van der Waals surface area (Å²) >= 11 is 0. The molecule has 1 heterocycles. The van der Waals surface area contributed by atoms with Crippen molar-refractivity contribution in [2.45, 2.75) is 51.9 Å². The zero-order valence-electron chi connectivity index (χ0n) is 17.3. The van der Waals surface area contributed by atoms with Crippen molar-refractivity contribution >= 4 is 17.5 Å². The molecule has 1 aliphatic heterocycles. The van der Waals surface area contributed by atoms with Gasteiger partial charge in [-0.2, -0.15) is 0 Å². The van der Waals surface area contributed by atoms with E-state index in [0.29, 0.717) is 19.5 Å². The number of hydroxylamine groups is 1. The standard InChI is InChI=1S/C22H33N3O3/c1-22(2,3)16-8-10-17(11-9-16)24-12-14-25(15-13-24)21(27)19-7-5-4-6-18(19)20(26)23-28/h8-11,18-19,28H,4-7,12-15H2,1-3H3,(H,23,26)/t18-,19-/m0/s1. The quantitative estimate of drug-likeness (QED) is 0.618. The minimum Gasteiger partial charge on any atom is -0.368 e. The number of nitrogens with zero attached hydrogens (tertiary/aromatic N) is 2. The average Bonchev–Trinajstić information content (AvgIpc) is 2.72. The Kier molecular flexibility index (Phi) is 6.28. The summed E-state index contributed by atoms with van der Waals surface area (Å²) in [6.45, 7) is 9.56. The summed E-state index contributed by atoms with van der Waals surface area (Å²) in [4.78, 5) is 29.2. The van der Waals surface area contributed by atoms with Gasteiger partial charge in [0.2, 0.25) is 11.8 Å². The van der Waals surface area contributed by atoms with Crippen molar-refractivity contribution in [1.29, 1.82) is 0 Å². The number of anilines is 1. The van der Waals surface area contributed by atoms with Crippen LogP contribution >= 0.6 is 0 Å². The van der Waals surface area contributed by atoms with Crippen LogP contribution in [0.4, 0.5) is 5.69 Å². The maximum absolute atomic E-state index is 13.0. The third-order valence-corrected chi connectivity index (χ3v) is 6.22. The minimum atomic E-state index is -0.421. The van der Waals surface area contributed by atoms with Gasteiger partial charge in [-0.05, 0) is 36.0 Å². The van der Waals surface area contributed by atoms with Crippen molar-refractivity contribution in [3.05, 3.63) is 29.8 Å². The number of carbonyl (C=O) groups excluding carboxylic acids is 2. The fraction of sp³-hybridized carbons (Fsp3) is 0.636. The SMILES string of the molecule is CC(C)(C)c1ccc(N2CCN(C(=O)[C@H]3CCCC[C@@H]3C(=O)NO)CC2)cc1. The summed E-state index contributed by atoms with van der Waals surface area (Å²) in [7, 11) is 0. The Bertz CT molecular complexity index is 688. The molecule has 3 rings (SSSR count). The number of hydrogen-bond donors (Lipinski definition) is 2. The summed E-state index contributed by atoms with van der Waals surface area (Å²) in [5.41, 5.74) is 4.39. The second-order valence-electron chi connectivity index (χ2n) is 9.08. The molecule has 1 saturated carbocycles. The summed E-state index contributed by atoms with van der Waals surface area (Å²) in [6.07, 6.45) is 3.29. The van der Waals surface area contributed by atoms with E-state index in [4.69, 9.17) is 5.21 Å². The van der Waals surface area contributed by atoms with Crippen LogP contribution in [0, 0.1) is 11.8 Å². The smallest absolute Gasteiger partial charge is 0.247 e. The van der Waals surface area contributed by atoms with Crippen molar-refractivity contribution in [3.63, 3.8) is 0 Å². The van der Waals surface area contributed by atoms with E-state index in [2.05, 4.69) is 49.9 Å². The van der Waals surface area contributed by atoms with Crippen LogP contribution in [-0.2, 0) is 15.0 Å². The van der Waals surface area contributed by atoms with E-state index in [1.54, 1.807) is 5.48 Å². The fourth-order valence-corrected chi connectivity index (χ4v) is 4.41. The zero-order valence-corrected chi connectivity index (χ0v) is 17.3. The van der Waals surface area contributed by atoms with Crippen LogP contribution in [0.15, 0.2) is 24.3 Å². The van der Waals surface area contributed by atoms with Gasteiger partial charge in [-0.25, -0.2) is 5.48 Å². The highest BCUT2D eigenvalue weighted by Crippen LogP contribution is 2.32. The molecule has 2 N–H and O–H groups in total. The number of nitrogens with one attached hydrogen (secondary N) is 1. The molecule has 1 saturated heterocycles. The average molecular weight is 388 g/mol. The van der Waals surface area contributed by atoms with Crippen molar-refractivity contribution in [3.8, 4) is 0 Å². The van der Waals surface area contributed by atoms with Gasteiger partial charge in [0.15, 0.2) is 0 Å². The molecule has 0 unspecified atom stereocenters. The van der Waals surface area contributed by atoms with Crippen LogP contribution in [0.3, 0.4) is 0 Å². The molecule has 0 spiro atoms. The number of amides is 2. The molecule has 0 radical (unpaired) electrons. The third-order valence-electron chi connectivity index (χ3n) is 6.22. The van der Waals surface area contributed by atoms with Gasteiger partial charge >= 0.3 is 0 Å². The van der Waals surface area contributed by atoms with E-state index in [9.17, 15) is 9.59 Å². The molecule has 28 heavy (non-hydrogen) atoms. The predicted octanol–water partition coefficient (Wildman–Crippen LogP) is 2.94. The van der Waals surface area contributed by atoms with Crippen LogP contribution in [0.25, 0.3) is 0 Å². The zero-order chi connectivity index (χ0) is 20.3. The topological polar surface area (TPSA) is 72.9 Å². The van der Waals surface area contributed by atoms with E-state index < -0.39 is 11.8 Å². The van der Waals surface area contributed by atoms with Crippen LogP contribution in [-0.4, -0.2) is 48.1 Å². The molecular formula is C22H33N3O3. The maximum Gasteiger partial charge on any atom is 0.247 e. The molecule has 2 amide bonds. The number of hydrogen-bond acceptors (Lipinski definition) is 4. The van der Waals surface area contributed by atoms with E-state index in [1.807, 2.05) is 4.90 Å². The van der Waals surface area contributed by atoms with E-state index >= 15 is 0 Å². The van der Waals surface area contributed by atoms with Crippen molar-refractivity contribution in [1.82, 2.24) is 10.4 Å². The van der Waals surface area contributed by atoms with Gasteiger partial charge in [-0.1, -0.05) is 45.7 Å². The maximum atomic E-state index is 13.0. The lowest BCUT2D eigenvalue weighted by molar-refractivity contribution is -0.147. The van der Waals surface area contributed by atoms with Crippen LogP contribution in [0.1, 0.15) is 52.0 Å². The first-order chi connectivity index (χ1) is 13.3. The molecular weight excluding hydrogens is 354 g/mol. The van der Waals surface area contributed by atoms with Gasteiger partial charge in [0, 0.05) is 37.8 Å². The summed E-state index contributed by atoms with van der Waals surface area (Å²) < 4.78 is 0. The predicted molar refractivity (Wildman–Crippen MR) is 109 cm³/mol. The van der Waals surface area contributed by atoms with Crippen LogP contribution in [0.2, 0.25) is 0 Å². The Morgan fingerprint density at radius 3 is 2.07 bits per heavy atom. The number of carbonyl (C=O) groups is 2. The third kappa shape index (κ3) is 4.49. The molecule has 1 aliphatic carbocycles. The Morgan fingerprint density at radius 1 is 0.964 bits per heavy atom. The lowest BCUT2D eigenvalue weighted by Gasteiger charge is -2.39. The van der Waals surface area contributed by atoms with Crippen LogP contribution < -0.4 is 10.4 Å². The Labute approximate surface area is 167 Å². The number of rotatable bonds is 3. The molecule has 1 aromatic carbocycles. The normalized spacial score (nSPS) is 23.4. The highest BCUT2D eigenvalue weighted by Gasteiger charge is 2.38. The van der Waals surface area contributed by atoms with Gasteiger partial charge in [0.1, 0.15) is 0 Å². The summed E-state index contributed by atoms with van der Waals surface area (Å²) in [6, 6.07) is 8.71. The molecule has 1 aromatic rings. The fourth-order valence-electron chi connectivity index (χ4n) is 4.41. The Balaban J connectivity index is 1.60.